The van der Waals surface area contributed by atoms with Crippen LogP contribution in [0, 0.1) is 25.2 Å². The predicted octanol–water partition coefficient (Wildman–Crippen LogP) is 5.07. The highest BCUT2D eigenvalue weighted by atomic mass is 35.5. The first-order chi connectivity index (χ1) is 18.3. The van der Waals surface area contributed by atoms with Crippen LogP contribution in [0.5, 0.6) is 0 Å². The number of hydrogen-bond acceptors (Lipinski definition) is 5. The second-order valence-corrected chi connectivity index (χ2v) is 10.7. The van der Waals surface area contributed by atoms with Crippen molar-refractivity contribution < 1.29 is 24.2 Å². The Morgan fingerprint density at radius 1 is 1.15 bits per heavy atom. The number of anilines is 1. The fraction of sp³-hybridized carbons (Fsp3) is 0.433. The number of amides is 3. The normalized spacial score (nSPS) is 13.4. The van der Waals surface area contributed by atoms with Crippen LogP contribution >= 0.6 is 11.6 Å². The molecule has 3 unspecified atom stereocenters. The van der Waals surface area contributed by atoms with Gasteiger partial charge in [0.15, 0.2) is 0 Å². The van der Waals surface area contributed by atoms with Gasteiger partial charge in [-0.3, -0.25) is 9.59 Å². The number of terminal acetylenes is 1. The molecule has 2 aromatic rings. The van der Waals surface area contributed by atoms with Gasteiger partial charge in [-0.05, 0) is 56.9 Å². The fourth-order valence-corrected chi connectivity index (χ4v) is 4.34. The SMILES string of the molecule is C#Cc1ccccc1C(C(=O)Nc1c(C)cccc1Cl)N(CCO)C(=O)C(NC(=O)OC(C)(C)C)C(C)CC. The largest absolute Gasteiger partial charge is 0.444 e. The van der Waals surface area contributed by atoms with Gasteiger partial charge in [0.25, 0.3) is 5.91 Å². The molecular weight excluding hydrogens is 518 g/mol. The van der Waals surface area contributed by atoms with Gasteiger partial charge in [-0.2, -0.15) is 0 Å². The third kappa shape index (κ3) is 8.47. The lowest BCUT2D eigenvalue weighted by atomic mass is 9.94. The Kier molecular flexibility index (Phi) is 11.4. The van der Waals surface area contributed by atoms with E-state index in [0.29, 0.717) is 28.3 Å². The average molecular weight is 556 g/mol. The first-order valence-corrected chi connectivity index (χ1v) is 13.2. The maximum absolute atomic E-state index is 14.1. The van der Waals surface area contributed by atoms with E-state index in [2.05, 4.69) is 16.6 Å². The van der Waals surface area contributed by atoms with Crippen LogP contribution in [0.1, 0.15) is 63.8 Å². The molecule has 39 heavy (non-hydrogen) atoms. The maximum atomic E-state index is 14.1. The first-order valence-electron chi connectivity index (χ1n) is 12.9. The summed E-state index contributed by atoms with van der Waals surface area (Å²) in [5.41, 5.74) is 1.14. The molecule has 0 aliphatic carbocycles. The molecule has 0 aromatic heterocycles. The number of alkyl carbamates (subject to hydrolysis) is 1. The molecule has 210 valence electrons. The van der Waals surface area contributed by atoms with Crippen molar-refractivity contribution in [1.29, 1.82) is 0 Å². The summed E-state index contributed by atoms with van der Waals surface area (Å²) in [5.74, 6) is 1.13. The zero-order valence-electron chi connectivity index (χ0n) is 23.4. The third-order valence-electron chi connectivity index (χ3n) is 6.22. The molecule has 0 aliphatic rings. The Morgan fingerprint density at radius 3 is 2.38 bits per heavy atom. The van der Waals surface area contributed by atoms with Crippen LogP contribution in [0.3, 0.4) is 0 Å². The van der Waals surface area contributed by atoms with Gasteiger partial charge in [-0.15, -0.1) is 6.42 Å². The number of rotatable bonds is 10. The van der Waals surface area contributed by atoms with Crippen molar-refractivity contribution in [2.75, 3.05) is 18.5 Å². The van der Waals surface area contributed by atoms with Gasteiger partial charge in [0.1, 0.15) is 17.7 Å². The number of carbonyl (C=O) groups is 3. The molecule has 2 rings (SSSR count). The monoisotopic (exact) mass is 555 g/mol. The highest BCUT2D eigenvalue weighted by molar-refractivity contribution is 6.34. The molecule has 0 bridgehead atoms. The van der Waals surface area contributed by atoms with Crippen molar-refractivity contribution in [3.8, 4) is 12.3 Å². The second-order valence-electron chi connectivity index (χ2n) is 10.3. The second kappa shape index (κ2) is 14.0. The molecule has 2 aromatic carbocycles. The Hall–Kier alpha value is -3.54. The number of aryl methyl sites for hydroxylation is 1. The number of hydrogen-bond donors (Lipinski definition) is 3. The zero-order chi connectivity index (χ0) is 29.3. The molecule has 0 saturated carbocycles. The molecule has 0 saturated heterocycles. The van der Waals surface area contributed by atoms with Crippen LogP contribution in [-0.4, -0.2) is 52.7 Å². The summed E-state index contributed by atoms with van der Waals surface area (Å²) in [5, 5.41) is 15.8. The lowest BCUT2D eigenvalue weighted by molar-refractivity contribution is -0.142. The molecule has 0 heterocycles. The number of ether oxygens (including phenoxy) is 1. The molecule has 3 amide bonds. The van der Waals surface area contributed by atoms with Gasteiger partial charge in [0.05, 0.1) is 17.3 Å². The van der Waals surface area contributed by atoms with Gasteiger partial charge < -0.3 is 25.4 Å². The number of benzene rings is 2. The molecular formula is C30H38ClN3O5. The molecule has 0 fully saturated rings. The number of nitrogens with zero attached hydrogens (tertiary/aromatic N) is 1. The van der Waals surface area contributed by atoms with E-state index in [1.807, 2.05) is 13.8 Å². The summed E-state index contributed by atoms with van der Waals surface area (Å²) in [6, 6.07) is 9.71. The van der Waals surface area contributed by atoms with Crippen molar-refractivity contribution in [1.82, 2.24) is 10.2 Å². The van der Waals surface area contributed by atoms with E-state index >= 15 is 0 Å². The molecule has 3 N–H and O–H groups in total. The highest BCUT2D eigenvalue weighted by Crippen LogP contribution is 2.31. The van der Waals surface area contributed by atoms with Gasteiger partial charge in [0.2, 0.25) is 5.91 Å². The summed E-state index contributed by atoms with van der Waals surface area (Å²) >= 11 is 6.38. The van der Waals surface area contributed by atoms with Crippen LogP contribution in [-0.2, 0) is 14.3 Å². The molecule has 0 spiro atoms. The van der Waals surface area contributed by atoms with Crippen molar-refractivity contribution in [2.24, 2.45) is 5.92 Å². The quantitative estimate of drug-likeness (QED) is 0.355. The predicted molar refractivity (Wildman–Crippen MR) is 153 cm³/mol. The summed E-state index contributed by atoms with van der Waals surface area (Å²) in [6.45, 7) is 10.0. The van der Waals surface area contributed by atoms with Crippen LogP contribution in [0.4, 0.5) is 10.5 Å². The molecule has 0 radical (unpaired) electrons. The van der Waals surface area contributed by atoms with Crippen molar-refractivity contribution in [2.45, 2.75) is 65.6 Å². The van der Waals surface area contributed by atoms with Crippen LogP contribution in [0.15, 0.2) is 42.5 Å². The molecule has 8 nitrogen and oxygen atoms in total. The lowest BCUT2D eigenvalue weighted by Crippen LogP contribution is -2.55. The minimum atomic E-state index is -1.24. The Morgan fingerprint density at radius 2 is 1.82 bits per heavy atom. The fourth-order valence-electron chi connectivity index (χ4n) is 4.07. The highest BCUT2D eigenvalue weighted by Gasteiger charge is 2.39. The summed E-state index contributed by atoms with van der Waals surface area (Å²) in [4.78, 5) is 42.0. The van der Waals surface area contributed by atoms with Crippen LogP contribution in [0.25, 0.3) is 0 Å². The molecule has 0 aliphatic heterocycles. The number of carbonyl (C=O) groups excluding carboxylic acids is 3. The van der Waals surface area contributed by atoms with E-state index in [1.54, 1.807) is 70.2 Å². The topological polar surface area (TPSA) is 108 Å². The van der Waals surface area contributed by atoms with E-state index in [4.69, 9.17) is 22.8 Å². The van der Waals surface area contributed by atoms with E-state index < -0.39 is 42.2 Å². The maximum Gasteiger partial charge on any atom is 0.408 e. The number of aliphatic hydroxyl groups excluding tert-OH is 1. The Bertz CT molecular complexity index is 1200. The number of nitrogens with one attached hydrogen (secondary N) is 2. The van der Waals surface area contributed by atoms with Gasteiger partial charge in [0, 0.05) is 12.1 Å². The van der Waals surface area contributed by atoms with E-state index in [0.717, 1.165) is 5.56 Å². The Balaban J connectivity index is 2.63. The first kappa shape index (κ1) is 31.7. The lowest BCUT2D eigenvalue weighted by Gasteiger charge is -2.36. The molecule has 3 atom stereocenters. The van der Waals surface area contributed by atoms with Crippen molar-refractivity contribution in [3.63, 3.8) is 0 Å². The number of para-hydroxylation sites is 1. The van der Waals surface area contributed by atoms with E-state index in [9.17, 15) is 19.5 Å². The summed E-state index contributed by atoms with van der Waals surface area (Å²) in [7, 11) is 0. The minimum Gasteiger partial charge on any atom is -0.444 e. The standard InChI is InChI=1S/C30H38ClN3O5/c1-8-19(3)25(33-29(38)39-30(5,6)7)28(37)34(17-18-35)26(22-15-11-10-14-21(22)9-2)27(36)32-24-20(4)13-12-16-23(24)31/h2,10-16,19,25-26,35H,8,17-18H2,1,3-7H3,(H,32,36)(H,33,38). The van der Waals surface area contributed by atoms with Gasteiger partial charge >= 0.3 is 6.09 Å². The molecule has 9 heteroatoms. The van der Waals surface area contributed by atoms with Crippen LogP contribution in [0.2, 0.25) is 5.02 Å². The third-order valence-corrected chi connectivity index (χ3v) is 6.53. The van der Waals surface area contributed by atoms with Crippen molar-refractivity contribution >= 4 is 35.2 Å². The summed E-state index contributed by atoms with van der Waals surface area (Å²) in [6.07, 6.45) is 5.55. The zero-order valence-corrected chi connectivity index (χ0v) is 24.1. The van der Waals surface area contributed by atoms with Crippen LogP contribution < -0.4 is 10.6 Å². The minimum absolute atomic E-state index is 0.194. The van der Waals surface area contributed by atoms with Gasteiger partial charge in [-0.1, -0.05) is 68.1 Å². The number of aliphatic hydroxyl groups is 1. The smallest absolute Gasteiger partial charge is 0.408 e. The van der Waals surface area contributed by atoms with Gasteiger partial charge in [-0.25, -0.2) is 4.79 Å². The number of halogens is 1. The Labute approximate surface area is 236 Å². The average Bonchev–Trinajstić information content (AvgIpc) is 2.87. The van der Waals surface area contributed by atoms with E-state index in [-0.39, 0.29) is 12.5 Å². The van der Waals surface area contributed by atoms with Crippen molar-refractivity contribution in [3.05, 3.63) is 64.2 Å². The summed E-state index contributed by atoms with van der Waals surface area (Å²) < 4.78 is 5.40. The van der Waals surface area contributed by atoms with E-state index in [1.165, 1.54) is 4.90 Å².